The molecular weight excluding hydrogens is 278 g/mol. The number of rotatable bonds is 4. The van der Waals surface area contributed by atoms with Gasteiger partial charge in [0.2, 0.25) is 0 Å². The van der Waals surface area contributed by atoms with Crippen molar-refractivity contribution >= 4 is 18.1 Å². The third-order valence-corrected chi connectivity index (χ3v) is 3.82. The van der Waals surface area contributed by atoms with Gasteiger partial charge in [0.1, 0.15) is 6.29 Å². The van der Waals surface area contributed by atoms with E-state index in [4.69, 9.17) is 0 Å². The average Bonchev–Trinajstić information content (AvgIpc) is 2.90. The van der Waals surface area contributed by atoms with Gasteiger partial charge in [-0.25, -0.2) is 0 Å². The molecule has 0 radical (unpaired) electrons. The lowest BCUT2D eigenvalue weighted by atomic mass is 10.1. The molecule has 0 spiro atoms. The summed E-state index contributed by atoms with van der Waals surface area (Å²) in [5.74, 6) is -0.534. The van der Waals surface area contributed by atoms with Gasteiger partial charge in [0, 0.05) is 17.5 Å². The molecule has 2 aromatic rings. The van der Waals surface area contributed by atoms with Gasteiger partial charge in [-0.1, -0.05) is 30.3 Å². The van der Waals surface area contributed by atoms with Crippen molar-refractivity contribution in [3.63, 3.8) is 0 Å². The lowest BCUT2D eigenvalue weighted by molar-refractivity contribution is -0.107. The summed E-state index contributed by atoms with van der Waals surface area (Å²) < 4.78 is 0. The minimum atomic E-state index is -0.289. The molecule has 2 amide bonds. The minimum absolute atomic E-state index is 0.245. The highest BCUT2D eigenvalue weighted by atomic mass is 16.2. The Morgan fingerprint density at radius 3 is 2.50 bits per heavy atom. The number of amides is 2. The summed E-state index contributed by atoms with van der Waals surface area (Å²) in [4.78, 5) is 36.4. The van der Waals surface area contributed by atoms with Crippen LogP contribution >= 0.6 is 0 Å². The van der Waals surface area contributed by atoms with E-state index in [2.05, 4.69) is 0 Å². The Morgan fingerprint density at radius 1 is 1.09 bits per heavy atom. The topological polar surface area (TPSA) is 54.5 Å². The Balaban J connectivity index is 1.78. The maximum atomic E-state index is 12.5. The third kappa shape index (κ3) is 2.55. The molecule has 0 saturated carbocycles. The maximum Gasteiger partial charge on any atom is 0.261 e. The van der Waals surface area contributed by atoms with Crippen LogP contribution in [0.25, 0.3) is 0 Å². The van der Waals surface area contributed by atoms with Crippen molar-refractivity contribution in [2.45, 2.75) is 19.4 Å². The molecule has 0 aromatic heterocycles. The Kier molecular flexibility index (Phi) is 3.83. The van der Waals surface area contributed by atoms with Crippen molar-refractivity contribution in [3.05, 3.63) is 70.8 Å². The molecule has 3 rings (SSSR count). The van der Waals surface area contributed by atoms with Crippen LogP contribution in [-0.4, -0.2) is 23.0 Å². The molecular formula is C18H15NO3. The molecule has 22 heavy (non-hydrogen) atoms. The van der Waals surface area contributed by atoms with E-state index in [0.29, 0.717) is 30.5 Å². The monoisotopic (exact) mass is 293 g/mol. The van der Waals surface area contributed by atoms with Crippen LogP contribution in [0.3, 0.4) is 0 Å². The number of nitrogens with zero attached hydrogens (tertiary/aromatic N) is 1. The van der Waals surface area contributed by atoms with Gasteiger partial charge in [-0.05, 0) is 35.7 Å². The van der Waals surface area contributed by atoms with Crippen molar-refractivity contribution < 1.29 is 14.4 Å². The highest BCUT2D eigenvalue weighted by Crippen LogP contribution is 2.24. The molecule has 0 atom stereocenters. The summed E-state index contributed by atoms with van der Waals surface area (Å²) in [6.07, 6.45) is 2.00. The van der Waals surface area contributed by atoms with E-state index >= 15 is 0 Å². The van der Waals surface area contributed by atoms with Crippen LogP contribution in [0.15, 0.2) is 48.5 Å². The van der Waals surface area contributed by atoms with Gasteiger partial charge in [-0.3, -0.25) is 14.5 Å². The summed E-state index contributed by atoms with van der Waals surface area (Å²) in [6.45, 7) is 0.320. The largest absolute Gasteiger partial charge is 0.303 e. The highest BCUT2D eigenvalue weighted by molar-refractivity contribution is 6.12. The highest BCUT2D eigenvalue weighted by Gasteiger charge is 2.32. The number of carbonyl (C=O) groups excluding carboxylic acids is 3. The van der Waals surface area contributed by atoms with Gasteiger partial charge in [-0.2, -0.15) is 0 Å². The molecule has 1 heterocycles. The molecule has 0 unspecified atom stereocenters. The van der Waals surface area contributed by atoms with Crippen LogP contribution in [0, 0.1) is 0 Å². The third-order valence-electron chi connectivity index (χ3n) is 3.82. The summed E-state index contributed by atoms with van der Waals surface area (Å²) in [5, 5.41) is 0. The first kappa shape index (κ1) is 14.2. The molecule has 0 saturated heterocycles. The van der Waals surface area contributed by atoms with Crippen LogP contribution < -0.4 is 0 Å². The Hall–Kier alpha value is -2.75. The van der Waals surface area contributed by atoms with Crippen molar-refractivity contribution in [1.29, 1.82) is 0 Å². The van der Waals surface area contributed by atoms with E-state index in [9.17, 15) is 14.4 Å². The van der Waals surface area contributed by atoms with Crippen molar-refractivity contribution in [3.8, 4) is 0 Å². The number of hydrogen-bond donors (Lipinski definition) is 0. The number of hydrogen-bond acceptors (Lipinski definition) is 3. The smallest absolute Gasteiger partial charge is 0.261 e. The van der Waals surface area contributed by atoms with Gasteiger partial charge < -0.3 is 4.79 Å². The van der Waals surface area contributed by atoms with Gasteiger partial charge in [0.15, 0.2) is 0 Å². The van der Waals surface area contributed by atoms with E-state index in [1.807, 2.05) is 24.3 Å². The molecule has 0 aliphatic carbocycles. The Bertz CT molecular complexity index is 734. The molecule has 2 aromatic carbocycles. The SMILES string of the molecule is O=CCCc1ccc(C(=O)N2Cc3ccccc3C2=O)cc1. The first-order valence-corrected chi connectivity index (χ1v) is 7.17. The van der Waals surface area contributed by atoms with E-state index < -0.39 is 0 Å². The number of aryl methyl sites for hydroxylation is 1. The van der Waals surface area contributed by atoms with Gasteiger partial charge in [0.25, 0.3) is 11.8 Å². The molecule has 1 aliphatic heterocycles. The summed E-state index contributed by atoms with van der Waals surface area (Å²) in [5.41, 5.74) is 2.96. The van der Waals surface area contributed by atoms with Crippen LogP contribution in [-0.2, 0) is 17.8 Å². The standard InChI is InChI=1S/C18H15NO3/c20-11-3-4-13-7-9-14(10-8-13)17(21)19-12-15-5-1-2-6-16(15)18(19)22/h1-2,5-11H,3-4,12H2. The molecule has 4 heteroatoms. The number of aldehydes is 1. The first-order chi connectivity index (χ1) is 10.7. The van der Waals surface area contributed by atoms with Crippen LogP contribution in [0.2, 0.25) is 0 Å². The van der Waals surface area contributed by atoms with E-state index in [1.54, 1.807) is 24.3 Å². The molecule has 0 fully saturated rings. The summed E-state index contributed by atoms with van der Waals surface area (Å²) in [7, 11) is 0. The van der Waals surface area contributed by atoms with Gasteiger partial charge >= 0.3 is 0 Å². The second-order valence-corrected chi connectivity index (χ2v) is 5.26. The zero-order chi connectivity index (χ0) is 15.5. The predicted octanol–water partition coefficient (Wildman–Crippen LogP) is 2.61. The normalized spacial score (nSPS) is 13.1. The van der Waals surface area contributed by atoms with Crippen LogP contribution in [0.5, 0.6) is 0 Å². The Morgan fingerprint density at radius 2 is 1.82 bits per heavy atom. The maximum absolute atomic E-state index is 12.5. The van der Waals surface area contributed by atoms with E-state index in [1.165, 1.54) is 4.90 Å². The lowest BCUT2D eigenvalue weighted by Crippen LogP contribution is -2.31. The van der Waals surface area contributed by atoms with Crippen molar-refractivity contribution in [2.24, 2.45) is 0 Å². The van der Waals surface area contributed by atoms with Gasteiger partial charge in [0.05, 0.1) is 6.54 Å². The predicted molar refractivity (Wildman–Crippen MR) is 81.5 cm³/mol. The van der Waals surface area contributed by atoms with Crippen LogP contribution in [0.1, 0.15) is 38.3 Å². The minimum Gasteiger partial charge on any atom is -0.303 e. The second kappa shape index (κ2) is 5.93. The fourth-order valence-electron chi connectivity index (χ4n) is 2.61. The lowest BCUT2D eigenvalue weighted by Gasteiger charge is -2.13. The number of benzene rings is 2. The fourth-order valence-corrected chi connectivity index (χ4v) is 2.61. The average molecular weight is 293 g/mol. The van der Waals surface area contributed by atoms with Crippen molar-refractivity contribution in [1.82, 2.24) is 4.90 Å². The molecule has 0 N–H and O–H groups in total. The summed E-state index contributed by atoms with van der Waals surface area (Å²) in [6, 6.07) is 14.3. The number of fused-ring (bicyclic) bond motifs is 1. The fraction of sp³-hybridized carbons (Fsp3) is 0.167. The zero-order valence-electron chi connectivity index (χ0n) is 12.0. The molecule has 0 bridgehead atoms. The number of carbonyl (C=O) groups is 3. The first-order valence-electron chi connectivity index (χ1n) is 7.17. The van der Waals surface area contributed by atoms with Crippen LogP contribution in [0.4, 0.5) is 0 Å². The zero-order valence-corrected chi connectivity index (χ0v) is 12.0. The molecule has 1 aliphatic rings. The second-order valence-electron chi connectivity index (χ2n) is 5.26. The number of imide groups is 1. The summed E-state index contributed by atoms with van der Waals surface area (Å²) >= 11 is 0. The molecule has 110 valence electrons. The van der Waals surface area contributed by atoms with Gasteiger partial charge in [-0.15, -0.1) is 0 Å². The van der Waals surface area contributed by atoms with Crippen molar-refractivity contribution in [2.75, 3.05) is 0 Å². The van der Waals surface area contributed by atoms with E-state index in [0.717, 1.165) is 17.4 Å². The Labute approximate surface area is 128 Å². The van der Waals surface area contributed by atoms with E-state index in [-0.39, 0.29) is 11.8 Å². The quantitative estimate of drug-likeness (QED) is 0.643. The molecule has 4 nitrogen and oxygen atoms in total.